The van der Waals surface area contributed by atoms with Gasteiger partial charge in [-0.3, -0.25) is 4.79 Å². The standard InChI is InChI=1S/C13H12N2OS/c16-13(12-11(17)7-4-8-14-12)15-9-10-5-2-1-3-6-10/h1-8,17H,9H2,(H,15,16). The van der Waals surface area contributed by atoms with Crippen molar-refractivity contribution in [2.75, 3.05) is 0 Å². The molecule has 0 aliphatic carbocycles. The Morgan fingerprint density at radius 2 is 1.94 bits per heavy atom. The van der Waals surface area contributed by atoms with E-state index in [0.29, 0.717) is 17.1 Å². The Kier molecular flexibility index (Phi) is 3.77. The lowest BCUT2D eigenvalue weighted by Crippen LogP contribution is -2.24. The summed E-state index contributed by atoms with van der Waals surface area (Å²) in [5.41, 5.74) is 1.41. The summed E-state index contributed by atoms with van der Waals surface area (Å²) >= 11 is 4.19. The maximum atomic E-state index is 11.8. The first-order chi connectivity index (χ1) is 8.27. The summed E-state index contributed by atoms with van der Waals surface area (Å²) in [5.74, 6) is -0.209. The van der Waals surface area contributed by atoms with Gasteiger partial charge in [-0.2, -0.15) is 0 Å². The number of carbonyl (C=O) groups is 1. The number of pyridine rings is 1. The molecule has 0 spiro atoms. The summed E-state index contributed by atoms with van der Waals surface area (Å²) in [7, 11) is 0. The number of carbonyl (C=O) groups excluding carboxylic acids is 1. The smallest absolute Gasteiger partial charge is 0.271 e. The molecule has 0 fully saturated rings. The highest BCUT2D eigenvalue weighted by Gasteiger charge is 2.09. The highest BCUT2D eigenvalue weighted by Crippen LogP contribution is 2.09. The Labute approximate surface area is 105 Å². The molecule has 4 heteroatoms. The molecule has 1 N–H and O–H groups in total. The minimum Gasteiger partial charge on any atom is -0.347 e. The van der Waals surface area contributed by atoms with Gasteiger partial charge in [-0.1, -0.05) is 30.3 Å². The van der Waals surface area contributed by atoms with Crippen LogP contribution in [0.2, 0.25) is 0 Å². The number of amides is 1. The van der Waals surface area contributed by atoms with Crippen molar-refractivity contribution in [1.82, 2.24) is 10.3 Å². The predicted octanol–water partition coefficient (Wildman–Crippen LogP) is 2.30. The van der Waals surface area contributed by atoms with E-state index in [1.807, 2.05) is 30.3 Å². The van der Waals surface area contributed by atoms with Gasteiger partial charge in [0.05, 0.1) is 0 Å². The number of benzene rings is 1. The molecule has 1 amide bonds. The van der Waals surface area contributed by atoms with Crippen LogP contribution in [0, 0.1) is 0 Å². The zero-order chi connectivity index (χ0) is 12.1. The Balaban J connectivity index is 2.01. The molecule has 1 aromatic heterocycles. The molecule has 0 radical (unpaired) electrons. The normalized spacial score (nSPS) is 9.94. The molecule has 2 aromatic rings. The Morgan fingerprint density at radius 3 is 2.65 bits per heavy atom. The van der Waals surface area contributed by atoms with Gasteiger partial charge in [0.25, 0.3) is 5.91 Å². The molecule has 0 aliphatic heterocycles. The third-order valence-electron chi connectivity index (χ3n) is 2.30. The summed E-state index contributed by atoms with van der Waals surface area (Å²) in [5, 5.41) is 2.81. The first-order valence-corrected chi connectivity index (χ1v) is 5.68. The van der Waals surface area contributed by atoms with Crippen molar-refractivity contribution in [3.8, 4) is 0 Å². The molecule has 3 nitrogen and oxygen atoms in total. The van der Waals surface area contributed by atoms with Crippen molar-refractivity contribution in [1.29, 1.82) is 0 Å². The largest absolute Gasteiger partial charge is 0.347 e. The fourth-order valence-corrected chi connectivity index (χ4v) is 1.68. The van der Waals surface area contributed by atoms with E-state index in [9.17, 15) is 4.79 Å². The van der Waals surface area contributed by atoms with Gasteiger partial charge in [-0.15, -0.1) is 12.6 Å². The molecular weight excluding hydrogens is 232 g/mol. The lowest BCUT2D eigenvalue weighted by Gasteiger charge is -2.06. The van der Waals surface area contributed by atoms with Crippen molar-refractivity contribution < 1.29 is 4.79 Å². The second kappa shape index (κ2) is 5.50. The molecule has 1 heterocycles. The van der Waals surface area contributed by atoms with E-state index in [2.05, 4.69) is 22.9 Å². The Bertz CT molecular complexity index is 514. The number of aromatic nitrogens is 1. The minimum atomic E-state index is -0.209. The van der Waals surface area contributed by atoms with E-state index in [1.165, 1.54) is 0 Å². The molecular formula is C13H12N2OS. The molecule has 86 valence electrons. The number of thiol groups is 1. The lowest BCUT2D eigenvalue weighted by molar-refractivity contribution is 0.0943. The Morgan fingerprint density at radius 1 is 1.18 bits per heavy atom. The van der Waals surface area contributed by atoms with E-state index in [-0.39, 0.29) is 5.91 Å². The summed E-state index contributed by atoms with van der Waals surface area (Å²) in [4.78, 5) is 16.4. The average molecular weight is 244 g/mol. The van der Waals surface area contributed by atoms with Crippen LogP contribution in [0.25, 0.3) is 0 Å². The first-order valence-electron chi connectivity index (χ1n) is 5.23. The van der Waals surface area contributed by atoms with E-state index < -0.39 is 0 Å². The molecule has 0 unspecified atom stereocenters. The van der Waals surface area contributed by atoms with Crippen molar-refractivity contribution >= 4 is 18.5 Å². The maximum Gasteiger partial charge on any atom is 0.271 e. The molecule has 0 atom stereocenters. The summed E-state index contributed by atoms with van der Waals surface area (Å²) in [6.45, 7) is 0.490. The van der Waals surface area contributed by atoms with E-state index in [0.717, 1.165) is 5.56 Å². The summed E-state index contributed by atoms with van der Waals surface area (Å²) < 4.78 is 0. The van der Waals surface area contributed by atoms with Gasteiger partial charge < -0.3 is 5.32 Å². The zero-order valence-corrected chi connectivity index (χ0v) is 10.0. The summed E-state index contributed by atoms with van der Waals surface area (Å²) in [6, 6.07) is 13.2. The van der Waals surface area contributed by atoms with Crippen LogP contribution in [0.15, 0.2) is 53.6 Å². The van der Waals surface area contributed by atoms with Crippen molar-refractivity contribution in [2.45, 2.75) is 11.4 Å². The van der Waals surface area contributed by atoms with Crippen LogP contribution in [0.3, 0.4) is 0 Å². The summed E-state index contributed by atoms with van der Waals surface area (Å²) in [6.07, 6.45) is 1.58. The lowest BCUT2D eigenvalue weighted by atomic mass is 10.2. The van der Waals surface area contributed by atoms with Gasteiger partial charge in [0, 0.05) is 17.6 Å². The third kappa shape index (κ3) is 3.07. The highest BCUT2D eigenvalue weighted by atomic mass is 32.1. The van der Waals surface area contributed by atoms with Gasteiger partial charge in [-0.25, -0.2) is 4.98 Å². The van der Waals surface area contributed by atoms with Gasteiger partial charge in [-0.05, 0) is 17.7 Å². The Hall–Kier alpha value is -1.81. The van der Waals surface area contributed by atoms with Gasteiger partial charge in [0.2, 0.25) is 0 Å². The van der Waals surface area contributed by atoms with Crippen LogP contribution in [-0.4, -0.2) is 10.9 Å². The number of hydrogen-bond donors (Lipinski definition) is 2. The maximum absolute atomic E-state index is 11.8. The molecule has 0 saturated carbocycles. The predicted molar refractivity (Wildman–Crippen MR) is 69.1 cm³/mol. The van der Waals surface area contributed by atoms with Crippen molar-refractivity contribution in [2.24, 2.45) is 0 Å². The van der Waals surface area contributed by atoms with Crippen molar-refractivity contribution in [3.05, 3.63) is 59.9 Å². The number of rotatable bonds is 3. The van der Waals surface area contributed by atoms with E-state index in [4.69, 9.17) is 0 Å². The van der Waals surface area contributed by atoms with Crippen LogP contribution in [-0.2, 0) is 6.54 Å². The topological polar surface area (TPSA) is 42.0 Å². The van der Waals surface area contributed by atoms with Crippen LogP contribution in [0.4, 0.5) is 0 Å². The average Bonchev–Trinajstić information content (AvgIpc) is 2.38. The van der Waals surface area contributed by atoms with Crippen molar-refractivity contribution in [3.63, 3.8) is 0 Å². The van der Waals surface area contributed by atoms with Crippen LogP contribution >= 0.6 is 12.6 Å². The first kappa shape index (κ1) is 11.7. The molecule has 1 aromatic carbocycles. The monoisotopic (exact) mass is 244 g/mol. The SMILES string of the molecule is O=C(NCc1ccccc1)c1ncccc1S. The second-order valence-corrected chi connectivity index (χ2v) is 4.02. The highest BCUT2D eigenvalue weighted by molar-refractivity contribution is 7.80. The minimum absolute atomic E-state index is 0.209. The van der Waals surface area contributed by atoms with Gasteiger partial charge >= 0.3 is 0 Å². The molecule has 17 heavy (non-hydrogen) atoms. The number of nitrogens with zero attached hydrogens (tertiary/aromatic N) is 1. The molecule has 0 saturated heterocycles. The molecule has 0 aliphatic rings. The van der Waals surface area contributed by atoms with Crippen LogP contribution in [0.5, 0.6) is 0 Å². The quantitative estimate of drug-likeness (QED) is 0.813. The molecule has 2 rings (SSSR count). The fourth-order valence-electron chi connectivity index (χ4n) is 1.43. The van der Waals surface area contributed by atoms with E-state index in [1.54, 1.807) is 18.3 Å². The van der Waals surface area contributed by atoms with Gasteiger partial charge in [0.1, 0.15) is 5.69 Å². The third-order valence-corrected chi connectivity index (χ3v) is 2.66. The fraction of sp³-hybridized carbons (Fsp3) is 0.0769. The van der Waals surface area contributed by atoms with Crippen LogP contribution < -0.4 is 5.32 Å². The van der Waals surface area contributed by atoms with Crippen LogP contribution in [0.1, 0.15) is 16.1 Å². The van der Waals surface area contributed by atoms with E-state index >= 15 is 0 Å². The second-order valence-electron chi connectivity index (χ2n) is 3.54. The van der Waals surface area contributed by atoms with Gasteiger partial charge in [0.15, 0.2) is 0 Å². The number of nitrogens with one attached hydrogen (secondary N) is 1. The zero-order valence-electron chi connectivity index (χ0n) is 9.13. The molecule has 0 bridgehead atoms. The number of hydrogen-bond acceptors (Lipinski definition) is 3.